The Bertz CT molecular complexity index is 785. The summed E-state index contributed by atoms with van der Waals surface area (Å²) in [6, 6.07) is 16.6. The van der Waals surface area contributed by atoms with E-state index in [2.05, 4.69) is 54.0 Å². The summed E-state index contributed by atoms with van der Waals surface area (Å²) in [6.45, 7) is 8.74. The van der Waals surface area contributed by atoms with Gasteiger partial charge in [-0.2, -0.15) is 0 Å². The van der Waals surface area contributed by atoms with Crippen LogP contribution >= 0.6 is 0 Å². The number of nitrogens with one attached hydrogen (secondary N) is 2. The molecule has 0 saturated heterocycles. The molecule has 0 spiro atoms. The molecule has 0 aromatic heterocycles. The first-order valence-corrected chi connectivity index (χ1v) is 10.8. The normalized spacial score (nSPS) is 15.5. The number of para-hydroxylation sites is 1. The van der Waals surface area contributed by atoms with E-state index < -0.39 is 0 Å². The highest BCUT2D eigenvalue weighted by Crippen LogP contribution is 2.27. The molecule has 0 aliphatic carbocycles. The topological polar surface area (TPSA) is 64.1 Å². The summed E-state index contributed by atoms with van der Waals surface area (Å²) in [4.78, 5) is 4.73. The number of benzene rings is 2. The van der Waals surface area contributed by atoms with Crippen LogP contribution in [0.3, 0.4) is 0 Å². The summed E-state index contributed by atoms with van der Waals surface area (Å²) < 4.78 is 17.0. The zero-order valence-electron chi connectivity index (χ0n) is 18.0. The summed E-state index contributed by atoms with van der Waals surface area (Å²) in [7, 11) is 0. The maximum Gasteiger partial charge on any atom is 0.191 e. The molecule has 1 aliphatic rings. The molecule has 162 valence electrons. The maximum atomic E-state index is 6.01. The summed E-state index contributed by atoms with van der Waals surface area (Å²) in [5, 5.41) is 6.72. The average Bonchev–Trinajstić information content (AvgIpc) is 3.19. The Hall–Kier alpha value is -2.57. The van der Waals surface area contributed by atoms with Crippen LogP contribution < -0.4 is 15.4 Å². The van der Waals surface area contributed by atoms with Crippen LogP contribution in [0.25, 0.3) is 0 Å². The Labute approximate surface area is 179 Å². The van der Waals surface area contributed by atoms with Crippen LogP contribution in [0.1, 0.15) is 30.5 Å². The second kappa shape index (κ2) is 12.2. The second-order valence-electron chi connectivity index (χ2n) is 7.20. The first kappa shape index (κ1) is 22.1. The molecule has 6 heteroatoms. The molecule has 1 aliphatic heterocycles. The molecule has 2 N–H and O–H groups in total. The molecule has 3 rings (SSSR count). The van der Waals surface area contributed by atoms with Crippen molar-refractivity contribution >= 4 is 5.96 Å². The zero-order chi connectivity index (χ0) is 21.0. The van der Waals surface area contributed by atoms with Gasteiger partial charge < -0.3 is 24.8 Å². The van der Waals surface area contributed by atoms with Gasteiger partial charge in [-0.1, -0.05) is 42.5 Å². The third kappa shape index (κ3) is 7.04. The van der Waals surface area contributed by atoms with E-state index in [1.807, 2.05) is 19.1 Å². The summed E-state index contributed by atoms with van der Waals surface area (Å²) in [5.74, 6) is 1.79. The molecule has 30 heavy (non-hydrogen) atoms. The number of nitrogens with zero attached hydrogens (tertiary/aromatic N) is 1. The predicted octanol–water partition coefficient (Wildman–Crippen LogP) is 3.30. The molecule has 1 heterocycles. The van der Waals surface area contributed by atoms with Gasteiger partial charge in [0.2, 0.25) is 0 Å². The molecule has 0 bridgehead atoms. The standard InChI is InChI=1S/C24H33N3O3/c1-3-25-24(27-17-22-15-21-10-5-6-11-23(21)30-22)26-16-19-8-7-9-20(14-19)18-29-13-12-28-4-2/h5-11,14,22H,3-4,12-13,15-18H2,1-2H3,(H2,25,26,27). The minimum atomic E-state index is 0.128. The molecule has 0 radical (unpaired) electrons. The van der Waals surface area contributed by atoms with Crippen LogP contribution in [-0.4, -0.2) is 45.0 Å². The minimum Gasteiger partial charge on any atom is -0.488 e. The largest absolute Gasteiger partial charge is 0.488 e. The first-order valence-electron chi connectivity index (χ1n) is 10.8. The Kier molecular flexibility index (Phi) is 9.00. The Balaban J connectivity index is 1.48. The van der Waals surface area contributed by atoms with Crippen molar-refractivity contribution in [2.75, 3.05) is 32.9 Å². The molecule has 0 saturated carbocycles. The summed E-state index contributed by atoms with van der Waals surface area (Å²) in [5.41, 5.74) is 3.57. The SMILES string of the molecule is CCNC(=NCc1cccc(COCCOCC)c1)NCC1Cc2ccccc2O1. The van der Waals surface area contributed by atoms with E-state index in [4.69, 9.17) is 19.2 Å². The highest BCUT2D eigenvalue weighted by Gasteiger charge is 2.22. The summed E-state index contributed by atoms with van der Waals surface area (Å²) >= 11 is 0. The van der Waals surface area contributed by atoms with E-state index in [1.165, 1.54) is 5.56 Å². The predicted molar refractivity (Wildman–Crippen MR) is 120 cm³/mol. The molecule has 1 unspecified atom stereocenters. The fraction of sp³-hybridized carbons (Fsp3) is 0.458. The third-order valence-electron chi connectivity index (χ3n) is 4.81. The molecular formula is C24H33N3O3. The highest BCUT2D eigenvalue weighted by atomic mass is 16.5. The monoisotopic (exact) mass is 411 g/mol. The maximum absolute atomic E-state index is 6.01. The number of hydrogen-bond donors (Lipinski definition) is 2. The van der Waals surface area contributed by atoms with Crippen molar-refractivity contribution in [3.63, 3.8) is 0 Å². The molecule has 0 fully saturated rings. The van der Waals surface area contributed by atoms with E-state index in [9.17, 15) is 0 Å². The molecule has 6 nitrogen and oxygen atoms in total. The zero-order valence-corrected chi connectivity index (χ0v) is 18.0. The van der Waals surface area contributed by atoms with E-state index in [-0.39, 0.29) is 6.10 Å². The highest BCUT2D eigenvalue weighted by molar-refractivity contribution is 5.79. The van der Waals surface area contributed by atoms with Gasteiger partial charge in [-0.05, 0) is 36.6 Å². The van der Waals surface area contributed by atoms with Crippen molar-refractivity contribution in [2.24, 2.45) is 4.99 Å². The van der Waals surface area contributed by atoms with Gasteiger partial charge in [0.05, 0.1) is 32.9 Å². The first-order chi connectivity index (χ1) is 14.8. The fourth-order valence-corrected chi connectivity index (χ4v) is 3.36. The van der Waals surface area contributed by atoms with Crippen LogP contribution in [0.2, 0.25) is 0 Å². The van der Waals surface area contributed by atoms with Gasteiger partial charge in [0.25, 0.3) is 0 Å². The van der Waals surface area contributed by atoms with Crippen molar-refractivity contribution in [1.82, 2.24) is 10.6 Å². The number of aliphatic imine (C=N–C) groups is 1. The van der Waals surface area contributed by atoms with Crippen molar-refractivity contribution in [1.29, 1.82) is 0 Å². The Morgan fingerprint density at radius 1 is 1.03 bits per heavy atom. The number of fused-ring (bicyclic) bond motifs is 1. The molecular weight excluding hydrogens is 378 g/mol. The van der Waals surface area contributed by atoms with Crippen LogP contribution in [0, 0.1) is 0 Å². The van der Waals surface area contributed by atoms with Crippen molar-refractivity contribution in [3.8, 4) is 5.75 Å². The molecule has 2 aromatic rings. The van der Waals surface area contributed by atoms with Gasteiger partial charge in [0, 0.05) is 19.6 Å². The van der Waals surface area contributed by atoms with Gasteiger partial charge in [-0.15, -0.1) is 0 Å². The molecule has 0 amide bonds. The molecule has 1 atom stereocenters. The quantitative estimate of drug-likeness (QED) is 0.337. The lowest BCUT2D eigenvalue weighted by atomic mass is 10.1. The average molecular weight is 412 g/mol. The van der Waals surface area contributed by atoms with Crippen LogP contribution in [-0.2, 0) is 29.0 Å². The Morgan fingerprint density at radius 2 is 1.87 bits per heavy atom. The second-order valence-corrected chi connectivity index (χ2v) is 7.20. The van der Waals surface area contributed by atoms with E-state index in [1.54, 1.807) is 0 Å². The van der Waals surface area contributed by atoms with Crippen molar-refractivity contribution in [3.05, 3.63) is 65.2 Å². The fourth-order valence-electron chi connectivity index (χ4n) is 3.36. The van der Waals surface area contributed by atoms with Crippen molar-refractivity contribution < 1.29 is 14.2 Å². The van der Waals surface area contributed by atoms with Crippen molar-refractivity contribution in [2.45, 2.75) is 39.5 Å². The van der Waals surface area contributed by atoms with Gasteiger partial charge >= 0.3 is 0 Å². The third-order valence-corrected chi connectivity index (χ3v) is 4.81. The lowest BCUT2D eigenvalue weighted by Crippen LogP contribution is -2.42. The lowest BCUT2D eigenvalue weighted by Gasteiger charge is -2.15. The van der Waals surface area contributed by atoms with Crippen LogP contribution in [0.4, 0.5) is 0 Å². The number of rotatable bonds is 11. The van der Waals surface area contributed by atoms with Gasteiger partial charge in [0.15, 0.2) is 5.96 Å². The van der Waals surface area contributed by atoms with Gasteiger partial charge in [-0.25, -0.2) is 4.99 Å². The van der Waals surface area contributed by atoms with Crippen LogP contribution in [0.5, 0.6) is 5.75 Å². The van der Waals surface area contributed by atoms with Crippen LogP contribution in [0.15, 0.2) is 53.5 Å². The lowest BCUT2D eigenvalue weighted by molar-refractivity contribution is 0.0453. The number of ether oxygens (including phenoxy) is 3. The van der Waals surface area contributed by atoms with Gasteiger partial charge in [-0.3, -0.25) is 0 Å². The number of guanidine groups is 1. The number of hydrogen-bond acceptors (Lipinski definition) is 4. The van der Waals surface area contributed by atoms with Gasteiger partial charge in [0.1, 0.15) is 11.9 Å². The summed E-state index contributed by atoms with van der Waals surface area (Å²) in [6.07, 6.45) is 1.05. The smallest absolute Gasteiger partial charge is 0.191 e. The van der Waals surface area contributed by atoms with E-state index >= 15 is 0 Å². The molecule has 2 aromatic carbocycles. The van der Waals surface area contributed by atoms with E-state index in [0.29, 0.717) is 32.9 Å². The van der Waals surface area contributed by atoms with E-state index in [0.717, 1.165) is 42.4 Å². The Morgan fingerprint density at radius 3 is 2.70 bits per heavy atom. The minimum absolute atomic E-state index is 0.128.